The number of pyridine rings is 1. The van der Waals surface area contributed by atoms with Gasteiger partial charge in [-0.05, 0) is 11.6 Å². The largest absolute Gasteiger partial charge is 0.476 e. The van der Waals surface area contributed by atoms with Gasteiger partial charge in [-0.2, -0.15) is 0 Å². The highest BCUT2D eigenvalue weighted by Gasteiger charge is 2.22. The number of carboxylic acid groups (broad SMARTS) is 1. The summed E-state index contributed by atoms with van der Waals surface area (Å²) in [5.74, 6) is -1.61. The maximum absolute atomic E-state index is 12.3. The molecule has 1 aromatic heterocycles. The predicted octanol–water partition coefficient (Wildman–Crippen LogP) is 1.34. The summed E-state index contributed by atoms with van der Waals surface area (Å²) >= 11 is 0. The summed E-state index contributed by atoms with van der Waals surface area (Å²) in [4.78, 5) is 14.3. The van der Waals surface area contributed by atoms with E-state index in [9.17, 15) is 13.2 Å². The predicted molar refractivity (Wildman–Crippen MR) is 72.9 cm³/mol. The number of nitrogens with zero attached hydrogens (tertiary/aromatic N) is 1. The smallest absolute Gasteiger partial charge is 0.356 e. The maximum atomic E-state index is 12.3. The quantitative estimate of drug-likeness (QED) is 0.879. The van der Waals surface area contributed by atoms with Gasteiger partial charge in [-0.15, -0.1) is 0 Å². The van der Waals surface area contributed by atoms with Crippen molar-refractivity contribution in [2.75, 3.05) is 5.73 Å². The number of hydrogen-bond donors (Lipinski definition) is 2. The van der Waals surface area contributed by atoms with Gasteiger partial charge in [0.25, 0.3) is 0 Å². The Hall–Kier alpha value is -2.41. The van der Waals surface area contributed by atoms with Crippen LogP contribution < -0.4 is 5.73 Å². The molecule has 0 aliphatic heterocycles. The number of carboxylic acids is 1. The number of sulfone groups is 1. The summed E-state index contributed by atoms with van der Waals surface area (Å²) in [6.45, 7) is 0. The zero-order valence-corrected chi connectivity index (χ0v) is 11.2. The molecule has 1 aromatic carbocycles. The van der Waals surface area contributed by atoms with Gasteiger partial charge >= 0.3 is 5.97 Å². The van der Waals surface area contributed by atoms with Crippen LogP contribution in [-0.4, -0.2) is 24.5 Å². The maximum Gasteiger partial charge on any atom is 0.356 e. The molecule has 2 aromatic rings. The second-order valence-electron chi connectivity index (χ2n) is 4.12. The van der Waals surface area contributed by atoms with Crippen LogP contribution in [-0.2, 0) is 15.6 Å². The molecule has 0 saturated carbocycles. The lowest BCUT2D eigenvalue weighted by Gasteiger charge is -2.09. The number of carbonyl (C=O) groups is 1. The van der Waals surface area contributed by atoms with Crippen molar-refractivity contribution in [2.45, 2.75) is 10.6 Å². The van der Waals surface area contributed by atoms with Crippen molar-refractivity contribution in [3.63, 3.8) is 0 Å². The Morgan fingerprint density at radius 2 is 1.85 bits per heavy atom. The molecule has 6 nitrogen and oxygen atoms in total. The second-order valence-corrected chi connectivity index (χ2v) is 6.08. The molecule has 0 amide bonds. The zero-order valence-electron chi connectivity index (χ0n) is 10.4. The number of rotatable bonds is 4. The molecular formula is C13H12N2O4S. The van der Waals surface area contributed by atoms with Crippen LogP contribution in [0.1, 0.15) is 16.1 Å². The van der Waals surface area contributed by atoms with E-state index in [1.165, 1.54) is 6.07 Å². The molecule has 0 unspecified atom stereocenters. The van der Waals surface area contributed by atoms with E-state index in [1.54, 1.807) is 30.3 Å². The van der Waals surface area contributed by atoms with Crippen molar-refractivity contribution in [3.05, 3.63) is 53.9 Å². The minimum Gasteiger partial charge on any atom is -0.476 e. The molecule has 0 spiro atoms. The van der Waals surface area contributed by atoms with Gasteiger partial charge in [0.15, 0.2) is 15.5 Å². The molecule has 3 N–H and O–H groups in total. The summed E-state index contributed by atoms with van der Waals surface area (Å²) in [5, 5.41) is 8.91. The Morgan fingerprint density at radius 1 is 1.20 bits per heavy atom. The van der Waals surface area contributed by atoms with E-state index in [0.717, 1.165) is 6.20 Å². The molecule has 7 heteroatoms. The van der Waals surface area contributed by atoms with Crippen molar-refractivity contribution in [3.8, 4) is 0 Å². The fourth-order valence-corrected chi connectivity index (χ4v) is 3.26. The highest BCUT2D eigenvalue weighted by molar-refractivity contribution is 7.90. The monoisotopic (exact) mass is 292 g/mol. The third-order valence-corrected chi connectivity index (χ3v) is 4.43. The number of nitrogen functional groups attached to an aromatic ring is 1. The Labute approximate surface area is 115 Å². The van der Waals surface area contributed by atoms with Crippen molar-refractivity contribution < 1.29 is 18.3 Å². The van der Waals surface area contributed by atoms with Crippen LogP contribution in [0, 0.1) is 0 Å². The molecule has 0 atom stereocenters. The van der Waals surface area contributed by atoms with Gasteiger partial charge in [-0.1, -0.05) is 30.3 Å². The van der Waals surface area contributed by atoms with Gasteiger partial charge < -0.3 is 10.8 Å². The lowest BCUT2D eigenvalue weighted by molar-refractivity contribution is 0.0691. The molecule has 0 saturated heterocycles. The lowest BCUT2D eigenvalue weighted by Crippen LogP contribution is -2.13. The van der Waals surface area contributed by atoms with E-state index in [0.29, 0.717) is 5.56 Å². The minimum atomic E-state index is -3.73. The first-order valence-electron chi connectivity index (χ1n) is 5.66. The fourth-order valence-electron chi connectivity index (χ4n) is 1.77. The van der Waals surface area contributed by atoms with Gasteiger partial charge in [0.2, 0.25) is 0 Å². The molecular weight excluding hydrogens is 280 g/mol. The van der Waals surface area contributed by atoms with E-state index < -0.39 is 21.5 Å². The van der Waals surface area contributed by atoms with Crippen molar-refractivity contribution in [1.29, 1.82) is 0 Å². The molecule has 1 heterocycles. The SMILES string of the molecule is Nc1c(S(=O)(=O)Cc2ccccc2)ccnc1C(=O)O. The van der Waals surface area contributed by atoms with Gasteiger partial charge in [0, 0.05) is 6.20 Å². The molecule has 104 valence electrons. The van der Waals surface area contributed by atoms with Gasteiger partial charge in [0.1, 0.15) is 0 Å². The number of aromatic nitrogens is 1. The highest BCUT2D eigenvalue weighted by atomic mass is 32.2. The zero-order chi connectivity index (χ0) is 14.8. The molecule has 0 fully saturated rings. The molecule has 2 rings (SSSR count). The second kappa shape index (κ2) is 5.30. The van der Waals surface area contributed by atoms with E-state index in [4.69, 9.17) is 10.8 Å². The summed E-state index contributed by atoms with van der Waals surface area (Å²) in [6, 6.07) is 9.78. The van der Waals surface area contributed by atoms with Gasteiger partial charge in [-0.3, -0.25) is 0 Å². The Kier molecular flexibility index (Phi) is 3.71. The summed E-state index contributed by atoms with van der Waals surface area (Å²) in [6.07, 6.45) is 1.12. The molecule has 20 heavy (non-hydrogen) atoms. The molecule has 0 aliphatic rings. The summed E-state index contributed by atoms with van der Waals surface area (Å²) < 4.78 is 24.6. The van der Waals surface area contributed by atoms with Crippen molar-refractivity contribution >= 4 is 21.5 Å². The van der Waals surface area contributed by atoms with Crippen LogP contribution >= 0.6 is 0 Å². The number of benzene rings is 1. The first-order chi connectivity index (χ1) is 9.42. The molecule has 0 radical (unpaired) electrons. The fraction of sp³-hybridized carbons (Fsp3) is 0.0769. The van der Waals surface area contributed by atoms with Crippen molar-refractivity contribution in [2.24, 2.45) is 0 Å². The minimum absolute atomic E-state index is 0.214. The third-order valence-electron chi connectivity index (χ3n) is 2.69. The normalized spacial score (nSPS) is 11.2. The topological polar surface area (TPSA) is 110 Å². The summed E-state index contributed by atoms with van der Waals surface area (Å²) in [5.41, 5.74) is 5.40. The average Bonchev–Trinajstić information content (AvgIpc) is 2.39. The van der Waals surface area contributed by atoms with Crippen LogP contribution in [0.2, 0.25) is 0 Å². The van der Waals surface area contributed by atoms with Crippen LogP contribution in [0.25, 0.3) is 0 Å². The first-order valence-corrected chi connectivity index (χ1v) is 7.31. The highest BCUT2D eigenvalue weighted by Crippen LogP contribution is 2.24. The summed E-state index contributed by atoms with van der Waals surface area (Å²) in [7, 11) is -3.73. The van der Waals surface area contributed by atoms with E-state index in [2.05, 4.69) is 4.98 Å². The van der Waals surface area contributed by atoms with Crippen LogP contribution in [0.15, 0.2) is 47.5 Å². The van der Waals surface area contributed by atoms with E-state index >= 15 is 0 Å². The van der Waals surface area contributed by atoms with Crippen LogP contribution in [0.5, 0.6) is 0 Å². The van der Waals surface area contributed by atoms with Crippen LogP contribution in [0.3, 0.4) is 0 Å². The van der Waals surface area contributed by atoms with E-state index in [1.807, 2.05) is 0 Å². The average molecular weight is 292 g/mol. The Bertz CT molecular complexity index is 742. The van der Waals surface area contributed by atoms with Gasteiger partial charge in [0.05, 0.1) is 16.3 Å². The first kappa shape index (κ1) is 14.0. The number of anilines is 1. The molecule has 0 aliphatic carbocycles. The third kappa shape index (κ3) is 2.77. The van der Waals surface area contributed by atoms with E-state index in [-0.39, 0.29) is 16.3 Å². The van der Waals surface area contributed by atoms with Crippen molar-refractivity contribution in [1.82, 2.24) is 4.98 Å². The standard InChI is InChI=1S/C13H12N2O4S/c14-11-10(6-7-15-12(11)13(16)17)20(18,19)8-9-4-2-1-3-5-9/h1-7H,8,14H2,(H,16,17). The number of aromatic carboxylic acids is 1. The van der Waals surface area contributed by atoms with Crippen LogP contribution in [0.4, 0.5) is 5.69 Å². The lowest BCUT2D eigenvalue weighted by atomic mass is 10.2. The Balaban J connectivity index is 2.45. The van der Waals surface area contributed by atoms with Gasteiger partial charge in [-0.25, -0.2) is 18.2 Å². The number of nitrogens with two attached hydrogens (primary N) is 1. The number of hydrogen-bond acceptors (Lipinski definition) is 5. The molecule has 0 bridgehead atoms. The Morgan fingerprint density at radius 3 is 2.45 bits per heavy atom.